The van der Waals surface area contributed by atoms with Crippen LogP contribution < -0.4 is 0 Å². The maximum Gasteiger partial charge on any atom is 0.223 e. The molecule has 132 valence electrons. The minimum atomic E-state index is 0.0363. The molecule has 1 aromatic heterocycles. The predicted octanol–water partition coefficient (Wildman–Crippen LogP) is 3.97. The van der Waals surface area contributed by atoms with E-state index in [1.165, 1.54) is 11.1 Å². The first-order valence-electron chi connectivity index (χ1n) is 8.74. The number of rotatable bonds is 6. The number of carbonyl (C=O) groups is 1. The van der Waals surface area contributed by atoms with Crippen LogP contribution in [0.3, 0.4) is 0 Å². The van der Waals surface area contributed by atoms with Crippen LogP contribution in [0.25, 0.3) is 0 Å². The fraction of sp³-hybridized carbons (Fsp3) is 0.227. The number of hydrogen-bond donors (Lipinski definition) is 0. The van der Waals surface area contributed by atoms with Gasteiger partial charge in [0, 0.05) is 31.8 Å². The predicted molar refractivity (Wildman–Crippen MR) is 103 cm³/mol. The second-order valence-electron chi connectivity index (χ2n) is 6.47. The number of aryl methyl sites for hydroxylation is 1. The fourth-order valence-corrected chi connectivity index (χ4v) is 3.14. The first-order chi connectivity index (χ1) is 12.6. The van der Waals surface area contributed by atoms with Gasteiger partial charge in [0.1, 0.15) is 0 Å². The molecule has 0 unspecified atom stereocenters. The molecule has 4 nitrogen and oxygen atoms in total. The van der Waals surface area contributed by atoms with Crippen molar-refractivity contribution in [2.75, 3.05) is 7.05 Å². The summed E-state index contributed by atoms with van der Waals surface area (Å²) < 4.78 is 0. The monoisotopic (exact) mass is 345 g/mol. The summed E-state index contributed by atoms with van der Waals surface area (Å²) in [5.74, 6) is 0.127. The summed E-state index contributed by atoms with van der Waals surface area (Å²) in [5.41, 5.74) is 4.34. The summed E-state index contributed by atoms with van der Waals surface area (Å²) in [5, 5.41) is 0. The normalized spacial score (nSPS) is 11.8. The summed E-state index contributed by atoms with van der Waals surface area (Å²) in [7, 11) is 1.82. The highest BCUT2D eigenvalue weighted by Crippen LogP contribution is 2.30. The highest BCUT2D eigenvalue weighted by atomic mass is 16.2. The Morgan fingerprint density at radius 2 is 1.77 bits per heavy atom. The largest absolute Gasteiger partial charge is 0.340 e. The molecule has 4 heteroatoms. The summed E-state index contributed by atoms with van der Waals surface area (Å²) >= 11 is 0. The molecular weight excluding hydrogens is 322 g/mol. The molecule has 0 N–H and O–H groups in total. The van der Waals surface area contributed by atoms with E-state index in [2.05, 4.69) is 41.2 Å². The van der Waals surface area contributed by atoms with Gasteiger partial charge in [0.2, 0.25) is 5.91 Å². The van der Waals surface area contributed by atoms with Gasteiger partial charge in [-0.3, -0.25) is 14.8 Å². The molecule has 1 amide bonds. The molecule has 0 fully saturated rings. The summed E-state index contributed by atoms with van der Waals surface area (Å²) in [4.78, 5) is 22.9. The lowest BCUT2D eigenvalue weighted by molar-refractivity contribution is -0.130. The number of benzene rings is 2. The third-order valence-corrected chi connectivity index (χ3v) is 4.59. The molecule has 0 spiro atoms. The fourth-order valence-electron chi connectivity index (χ4n) is 3.14. The van der Waals surface area contributed by atoms with Crippen LogP contribution in [0.5, 0.6) is 0 Å². The van der Waals surface area contributed by atoms with E-state index in [0.717, 1.165) is 11.3 Å². The molecule has 0 aliphatic carbocycles. The number of nitrogens with zero attached hydrogens (tertiary/aromatic N) is 3. The van der Waals surface area contributed by atoms with Crippen LogP contribution in [-0.4, -0.2) is 27.8 Å². The highest BCUT2D eigenvalue weighted by Gasteiger charge is 2.22. The standard InChI is InChI=1S/C22H23N3O/c1-17-8-6-7-11-20(17)21(18-9-4-3-5-10-18)14-22(26)25(2)16-19-15-23-12-13-24-19/h3-13,15,21H,14,16H2,1-2H3/t21-/m0/s1. The van der Waals surface area contributed by atoms with Crippen molar-refractivity contribution < 1.29 is 4.79 Å². The third kappa shape index (κ3) is 4.33. The Balaban J connectivity index is 1.82. The van der Waals surface area contributed by atoms with Crippen LogP contribution in [0.1, 0.15) is 34.7 Å². The zero-order chi connectivity index (χ0) is 18.4. The second kappa shape index (κ2) is 8.39. The van der Waals surface area contributed by atoms with E-state index in [4.69, 9.17) is 0 Å². The molecule has 0 bridgehead atoms. The Labute approximate surface area is 154 Å². The molecule has 26 heavy (non-hydrogen) atoms. The maximum absolute atomic E-state index is 12.9. The van der Waals surface area contributed by atoms with Crippen LogP contribution in [0.4, 0.5) is 0 Å². The van der Waals surface area contributed by atoms with Crippen LogP contribution >= 0.6 is 0 Å². The van der Waals surface area contributed by atoms with Crippen molar-refractivity contribution in [2.45, 2.75) is 25.8 Å². The molecule has 0 aliphatic heterocycles. The first kappa shape index (κ1) is 17.8. The minimum Gasteiger partial charge on any atom is -0.340 e. The van der Waals surface area contributed by atoms with E-state index in [0.29, 0.717) is 13.0 Å². The van der Waals surface area contributed by atoms with E-state index >= 15 is 0 Å². The zero-order valence-electron chi connectivity index (χ0n) is 15.2. The molecule has 0 saturated heterocycles. The van der Waals surface area contributed by atoms with Gasteiger partial charge in [0.25, 0.3) is 0 Å². The lowest BCUT2D eigenvalue weighted by atomic mass is 9.85. The van der Waals surface area contributed by atoms with Gasteiger partial charge < -0.3 is 4.90 Å². The summed E-state index contributed by atoms with van der Waals surface area (Å²) in [6.45, 7) is 2.56. The molecule has 3 aromatic rings. The van der Waals surface area contributed by atoms with Crippen molar-refractivity contribution >= 4 is 5.91 Å². The lowest BCUT2D eigenvalue weighted by Crippen LogP contribution is -2.28. The summed E-state index contributed by atoms with van der Waals surface area (Å²) in [6.07, 6.45) is 5.40. The maximum atomic E-state index is 12.9. The van der Waals surface area contributed by atoms with Crippen molar-refractivity contribution in [1.29, 1.82) is 0 Å². The van der Waals surface area contributed by atoms with E-state index in [9.17, 15) is 4.79 Å². The Hall–Kier alpha value is -3.01. The van der Waals surface area contributed by atoms with Crippen molar-refractivity contribution in [1.82, 2.24) is 14.9 Å². The molecular formula is C22H23N3O. The zero-order valence-corrected chi connectivity index (χ0v) is 15.2. The molecule has 0 saturated carbocycles. The van der Waals surface area contributed by atoms with Crippen LogP contribution in [0.2, 0.25) is 0 Å². The quantitative estimate of drug-likeness (QED) is 0.679. The highest BCUT2D eigenvalue weighted by molar-refractivity contribution is 5.77. The Morgan fingerprint density at radius 3 is 2.46 bits per heavy atom. The van der Waals surface area contributed by atoms with Crippen LogP contribution in [0, 0.1) is 6.92 Å². The van der Waals surface area contributed by atoms with Crippen molar-refractivity contribution in [2.24, 2.45) is 0 Å². The van der Waals surface area contributed by atoms with E-state index in [1.807, 2.05) is 37.4 Å². The van der Waals surface area contributed by atoms with Gasteiger partial charge in [-0.2, -0.15) is 0 Å². The third-order valence-electron chi connectivity index (χ3n) is 4.59. The van der Waals surface area contributed by atoms with Crippen molar-refractivity contribution in [3.63, 3.8) is 0 Å². The SMILES string of the molecule is Cc1ccccc1[C@@H](CC(=O)N(C)Cc1cnccn1)c1ccccc1. The van der Waals surface area contributed by atoms with Crippen LogP contribution in [-0.2, 0) is 11.3 Å². The Kier molecular flexibility index (Phi) is 5.74. The van der Waals surface area contributed by atoms with Gasteiger partial charge in [-0.1, -0.05) is 54.6 Å². The minimum absolute atomic E-state index is 0.0363. The van der Waals surface area contributed by atoms with E-state index < -0.39 is 0 Å². The van der Waals surface area contributed by atoms with Gasteiger partial charge in [0.15, 0.2) is 0 Å². The van der Waals surface area contributed by atoms with Gasteiger partial charge in [-0.15, -0.1) is 0 Å². The molecule has 0 aliphatic rings. The number of hydrogen-bond acceptors (Lipinski definition) is 3. The molecule has 1 atom stereocenters. The number of aromatic nitrogens is 2. The molecule has 3 rings (SSSR count). The van der Waals surface area contributed by atoms with Gasteiger partial charge in [-0.25, -0.2) is 0 Å². The topological polar surface area (TPSA) is 46.1 Å². The second-order valence-corrected chi connectivity index (χ2v) is 6.47. The van der Waals surface area contributed by atoms with Gasteiger partial charge in [0.05, 0.1) is 18.4 Å². The average Bonchev–Trinajstić information content (AvgIpc) is 2.68. The number of amides is 1. The molecule has 0 radical (unpaired) electrons. The van der Waals surface area contributed by atoms with Gasteiger partial charge in [-0.05, 0) is 23.6 Å². The van der Waals surface area contributed by atoms with Crippen LogP contribution in [0.15, 0.2) is 73.2 Å². The molecule has 1 heterocycles. The smallest absolute Gasteiger partial charge is 0.223 e. The summed E-state index contributed by atoms with van der Waals surface area (Å²) in [6, 6.07) is 18.5. The van der Waals surface area contributed by atoms with Gasteiger partial charge >= 0.3 is 0 Å². The van der Waals surface area contributed by atoms with Crippen molar-refractivity contribution in [3.05, 3.63) is 95.6 Å². The molecule has 2 aromatic carbocycles. The average molecular weight is 345 g/mol. The van der Waals surface area contributed by atoms with Crippen molar-refractivity contribution in [3.8, 4) is 0 Å². The van der Waals surface area contributed by atoms with E-state index in [-0.39, 0.29) is 11.8 Å². The Bertz CT molecular complexity index is 850. The number of carbonyl (C=O) groups excluding carboxylic acids is 1. The lowest BCUT2D eigenvalue weighted by Gasteiger charge is -2.23. The first-order valence-corrected chi connectivity index (χ1v) is 8.74. The Morgan fingerprint density at radius 1 is 1.04 bits per heavy atom. The van der Waals surface area contributed by atoms with E-state index in [1.54, 1.807) is 23.5 Å².